The molecule has 3 fully saturated rings. The molecule has 1 spiro atoms. The fourth-order valence-corrected chi connectivity index (χ4v) is 3.94. The largest absolute Gasteiger partial charge is 0.347 e. The highest BCUT2D eigenvalue weighted by Crippen LogP contribution is 2.49. The van der Waals surface area contributed by atoms with E-state index in [1.807, 2.05) is 9.80 Å². The molecule has 0 N–H and O–H groups in total. The van der Waals surface area contributed by atoms with Gasteiger partial charge in [0.1, 0.15) is 5.41 Å². The molecule has 0 unspecified atom stereocenters. The normalized spacial score (nSPS) is 24.2. The van der Waals surface area contributed by atoms with Gasteiger partial charge < -0.3 is 19.3 Å². The molecule has 3 rings (SSSR count). The van der Waals surface area contributed by atoms with E-state index >= 15 is 0 Å². The summed E-state index contributed by atoms with van der Waals surface area (Å²) in [5, 5.41) is 0. The number of piperidine rings is 1. The highest BCUT2D eigenvalue weighted by atomic mass is 16.7. The first-order valence-electron chi connectivity index (χ1n) is 9.43. The lowest BCUT2D eigenvalue weighted by Gasteiger charge is -2.39. The van der Waals surface area contributed by atoms with Crippen LogP contribution < -0.4 is 0 Å². The van der Waals surface area contributed by atoms with Crippen molar-refractivity contribution in [3.63, 3.8) is 0 Å². The SMILES string of the molecule is CCCN(CCC)C(=O)C1(C(=O)N2CCC3(CC2)OCCO3)CC1. The maximum atomic E-state index is 13.0. The van der Waals surface area contributed by atoms with Crippen molar-refractivity contribution in [2.45, 2.75) is 58.2 Å². The Morgan fingerprint density at radius 1 is 0.958 bits per heavy atom. The van der Waals surface area contributed by atoms with E-state index in [1.165, 1.54) is 0 Å². The lowest BCUT2D eigenvalue weighted by molar-refractivity contribution is -0.189. The number of ether oxygens (including phenoxy) is 2. The van der Waals surface area contributed by atoms with E-state index < -0.39 is 11.2 Å². The van der Waals surface area contributed by atoms with Gasteiger partial charge in [0.15, 0.2) is 5.79 Å². The average molecular weight is 338 g/mol. The molecule has 0 radical (unpaired) electrons. The molecule has 0 atom stereocenters. The van der Waals surface area contributed by atoms with Gasteiger partial charge in [-0.05, 0) is 25.7 Å². The summed E-state index contributed by atoms with van der Waals surface area (Å²) in [5.41, 5.74) is -0.772. The molecule has 6 heteroatoms. The van der Waals surface area contributed by atoms with Crippen LogP contribution in [0.2, 0.25) is 0 Å². The highest BCUT2D eigenvalue weighted by Gasteiger charge is 2.59. The van der Waals surface area contributed by atoms with Gasteiger partial charge in [-0.2, -0.15) is 0 Å². The molecule has 2 aliphatic heterocycles. The molecule has 6 nitrogen and oxygen atoms in total. The zero-order valence-electron chi connectivity index (χ0n) is 15.0. The lowest BCUT2D eigenvalue weighted by atomic mass is 9.98. The third-order valence-corrected chi connectivity index (χ3v) is 5.47. The summed E-state index contributed by atoms with van der Waals surface area (Å²) in [7, 11) is 0. The van der Waals surface area contributed by atoms with Crippen LogP contribution in [0, 0.1) is 5.41 Å². The van der Waals surface area contributed by atoms with Gasteiger partial charge in [-0.3, -0.25) is 9.59 Å². The third kappa shape index (κ3) is 3.18. The Hall–Kier alpha value is -1.14. The first-order chi connectivity index (χ1) is 11.6. The van der Waals surface area contributed by atoms with Crippen molar-refractivity contribution in [3.8, 4) is 0 Å². The molecule has 136 valence electrons. The molecule has 2 heterocycles. The number of hydrogen-bond donors (Lipinski definition) is 0. The summed E-state index contributed by atoms with van der Waals surface area (Å²) in [6.45, 7) is 8.15. The minimum Gasteiger partial charge on any atom is -0.347 e. The van der Waals surface area contributed by atoms with Gasteiger partial charge in [-0.1, -0.05) is 13.8 Å². The number of likely N-dealkylation sites (tertiary alicyclic amines) is 1. The monoisotopic (exact) mass is 338 g/mol. The number of hydrogen-bond acceptors (Lipinski definition) is 4. The lowest BCUT2D eigenvalue weighted by Crippen LogP contribution is -2.52. The van der Waals surface area contributed by atoms with Crippen LogP contribution in [0.1, 0.15) is 52.4 Å². The summed E-state index contributed by atoms with van der Waals surface area (Å²) in [4.78, 5) is 29.8. The van der Waals surface area contributed by atoms with E-state index in [0.29, 0.717) is 52.0 Å². The van der Waals surface area contributed by atoms with Crippen molar-refractivity contribution in [1.82, 2.24) is 9.80 Å². The number of rotatable bonds is 6. The zero-order chi connectivity index (χ0) is 17.2. The molecule has 2 amide bonds. The van der Waals surface area contributed by atoms with Crippen molar-refractivity contribution in [2.24, 2.45) is 5.41 Å². The second kappa shape index (κ2) is 7.00. The molecular weight excluding hydrogens is 308 g/mol. The maximum absolute atomic E-state index is 13.0. The van der Waals surface area contributed by atoms with Gasteiger partial charge in [0.05, 0.1) is 13.2 Å². The first kappa shape index (κ1) is 17.7. The number of amides is 2. The Kier molecular flexibility index (Phi) is 5.16. The predicted molar refractivity (Wildman–Crippen MR) is 89.3 cm³/mol. The summed E-state index contributed by atoms with van der Waals surface area (Å²) < 4.78 is 11.4. The minimum absolute atomic E-state index is 0.0255. The summed E-state index contributed by atoms with van der Waals surface area (Å²) in [6.07, 6.45) is 4.66. The predicted octanol–water partition coefficient (Wildman–Crippen LogP) is 1.78. The van der Waals surface area contributed by atoms with Crippen molar-refractivity contribution in [3.05, 3.63) is 0 Å². The van der Waals surface area contributed by atoms with Crippen LogP contribution in [0.25, 0.3) is 0 Å². The molecule has 2 saturated heterocycles. The Balaban J connectivity index is 1.62. The van der Waals surface area contributed by atoms with Gasteiger partial charge in [0.2, 0.25) is 11.8 Å². The molecular formula is C18H30N2O4. The van der Waals surface area contributed by atoms with Gasteiger partial charge in [-0.25, -0.2) is 0 Å². The fourth-order valence-electron chi connectivity index (χ4n) is 3.94. The Morgan fingerprint density at radius 2 is 1.50 bits per heavy atom. The Labute approximate surface area is 144 Å². The second-order valence-corrected chi connectivity index (χ2v) is 7.27. The fraction of sp³-hybridized carbons (Fsp3) is 0.889. The van der Waals surface area contributed by atoms with Gasteiger partial charge in [0.25, 0.3) is 0 Å². The second-order valence-electron chi connectivity index (χ2n) is 7.27. The first-order valence-corrected chi connectivity index (χ1v) is 9.43. The van der Waals surface area contributed by atoms with E-state index in [2.05, 4.69) is 13.8 Å². The number of carbonyl (C=O) groups is 2. The van der Waals surface area contributed by atoms with Crippen molar-refractivity contribution in [1.29, 1.82) is 0 Å². The van der Waals surface area contributed by atoms with E-state index in [4.69, 9.17) is 9.47 Å². The molecule has 1 aliphatic carbocycles. The van der Waals surface area contributed by atoms with Gasteiger partial charge >= 0.3 is 0 Å². The van der Waals surface area contributed by atoms with Crippen molar-refractivity contribution >= 4 is 11.8 Å². The zero-order valence-corrected chi connectivity index (χ0v) is 15.0. The summed E-state index contributed by atoms with van der Waals surface area (Å²) in [6, 6.07) is 0. The van der Waals surface area contributed by atoms with E-state index in [0.717, 1.165) is 25.9 Å². The van der Waals surface area contributed by atoms with Crippen molar-refractivity contribution < 1.29 is 19.1 Å². The molecule has 1 saturated carbocycles. The summed E-state index contributed by atoms with van der Waals surface area (Å²) >= 11 is 0. The minimum atomic E-state index is -0.772. The van der Waals surface area contributed by atoms with E-state index in [1.54, 1.807) is 0 Å². The average Bonchev–Trinajstić information content (AvgIpc) is 3.29. The Morgan fingerprint density at radius 3 is 1.96 bits per heavy atom. The molecule has 3 aliphatic rings. The van der Waals surface area contributed by atoms with Crippen LogP contribution in [-0.2, 0) is 19.1 Å². The number of nitrogens with zero attached hydrogens (tertiary/aromatic N) is 2. The maximum Gasteiger partial charge on any atom is 0.238 e. The van der Waals surface area contributed by atoms with Crippen LogP contribution >= 0.6 is 0 Å². The molecule has 0 aromatic heterocycles. The number of carbonyl (C=O) groups excluding carboxylic acids is 2. The topological polar surface area (TPSA) is 59.1 Å². The highest BCUT2D eigenvalue weighted by molar-refractivity contribution is 6.07. The van der Waals surface area contributed by atoms with Crippen LogP contribution in [0.15, 0.2) is 0 Å². The van der Waals surface area contributed by atoms with Gasteiger partial charge in [-0.15, -0.1) is 0 Å². The van der Waals surface area contributed by atoms with Gasteiger partial charge in [0, 0.05) is 39.0 Å². The van der Waals surface area contributed by atoms with Crippen LogP contribution in [0.3, 0.4) is 0 Å². The van der Waals surface area contributed by atoms with Crippen molar-refractivity contribution in [2.75, 3.05) is 39.4 Å². The van der Waals surface area contributed by atoms with E-state index in [-0.39, 0.29) is 11.8 Å². The third-order valence-electron chi connectivity index (χ3n) is 5.47. The molecule has 0 aromatic rings. The van der Waals surface area contributed by atoms with Crippen LogP contribution in [0.4, 0.5) is 0 Å². The van der Waals surface area contributed by atoms with E-state index in [9.17, 15) is 9.59 Å². The van der Waals surface area contributed by atoms with Crippen LogP contribution in [0.5, 0.6) is 0 Å². The quantitative estimate of drug-likeness (QED) is 0.693. The van der Waals surface area contributed by atoms with Crippen LogP contribution in [-0.4, -0.2) is 66.8 Å². The Bertz CT molecular complexity index is 467. The standard InChI is InChI=1S/C18H30N2O4/c1-3-9-19(10-4-2)15(21)17(5-6-17)16(22)20-11-7-18(8-12-20)23-13-14-24-18/h3-14H2,1-2H3. The summed E-state index contributed by atoms with van der Waals surface area (Å²) in [5.74, 6) is -0.407. The smallest absolute Gasteiger partial charge is 0.238 e. The molecule has 0 aromatic carbocycles. The molecule has 0 bridgehead atoms. The molecule has 24 heavy (non-hydrogen) atoms.